The zero-order valence-corrected chi connectivity index (χ0v) is 10.3. The van der Waals surface area contributed by atoms with Gasteiger partial charge >= 0.3 is 0 Å². The molecule has 88 valence electrons. The molecule has 0 aliphatic rings. The molecular weight excluding hydrogens is 222 g/mol. The fourth-order valence-electron chi connectivity index (χ4n) is 1.63. The summed E-state index contributed by atoms with van der Waals surface area (Å²) in [5, 5.41) is 0.690. The number of ether oxygens (including phenoxy) is 1. The third kappa shape index (κ3) is 3.54. The molecule has 0 saturated carbocycles. The predicted octanol–water partition coefficient (Wildman–Crippen LogP) is 3.70. The maximum atomic E-state index is 6.11. The second-order valence-corrected chi connectivity index (χ2v) is 4.15. The Hall–Kier alpha value is -0.990. The summed E-state index contributed by atoms with van der Waals surface area (Å²) >= 11 is 5.95. The van der Waals surface area contributed by atoms with Crippen molar-refractivity contribution in [3.63, 3.8) is 0 Å². The maximum Gasteiger partial charge on any atom is 0.123 e. The Kier molecular flexibility index (Phi) is 5.36. The van der Waals surface area contributed by atoms with E-state index < -0.39 is 0 Å². The van der Waals surface area contributed by atoms with Gasteiger partial charge in [-0.25, -0.2) is 0 Å². The SMILES string of the molecule is C=CCCCC(N)c1cc(Cl)ccc1OC. The van der Waals surface area contributed by atoms with Gasteiger partial charge in [-0.3, -0.25) is 0 Å². The lowest BCUT2D eigenvalue weighted by atomic mass is 10.0. The average Bonchev–Trinajstić information content (AvgIpc) is 2.29. The summed E-state index contributed by atoms with van der Waals surface area (Å²) in [6.07, 6.45) is 4.82. The van der Waals surface area contributed by atoms with Crippen LogP contribution in [0.4, 0.5) is 0 Å². The van der Waals surface area contributed by atoms with Crippen molar-refractivity contribution in [3.8, 4) is 5.75 Å². The van der Waals surface area contributed by atoms with E-state index in [4.69, 9.17) is 22.1 Å². The van der Waals surface area contributed by atoms with E-state index >= 15 is 0 Å². The van der Waals surface area contributed by atoms with Crippen molar-refractivity contribution in [2.45, 2.75) is 25.3 Å². The van der Waals surface area contributed by atoms with Crippen molar-refractivity contribution in [2.75, 3.05) is 7.11 Å². The van der Waals surface area contributed by atoms with Crippen molar-refractivity contribution in [2.24, 2.45) is 5.73 Å². The van der Waals surface area contributed by atoms with E-state index in [9.17, 15) is 0 Å². The van der Waals surface area contributed by atoms with E-state index in [0.29, 0.717) is 5.02 Å². The van der Waals surface area contributed by atoms with Crippen LogP contribution in [0.3, 0.4) is 0 Å². The number of hydrogen-bond acceptors (Lipinski definition) is 2. The van der Waals surface area contributed by atoms with Gasteiger partial charge in [-0.15, -0.1) is 6.58 Å². The second kappa shape index (κ2) is 6.56. The molecule has 16 heavy (non-hydrogen) atoms. The molecule has 0 spiro atoms. The summed E-state index contributed by atoms with van der Waals surface area (Å²) in [5.74, 6) is 0.801. The van der Waals surface area contributed by atoms with E-state index in [0.717, 1.165) is 30.6 Å². The highest BCUT2D eigenvalue weighted by Crippen LogP contribution is 2.29. The first-order valence-corrected chi connectivity index (χ1v) is 5.76. The van der Waals surface area contributed by atoms with Gasteiger partial charge in [0.1, 0.15) is 5.75 Å². The van der Waals surface area contributed by atoms with Gasteiger partial charge in [-0.05, 0) is 37.5 Å². The lowest BCUT2D eigenvalue weighted by Gasteiger charge is -2.15. The molecule has 3 heteroatoms. The van der Waals surface area contributed by atoms with Crippen LogP contribution in [0.15, 0.2) is 30.9 Å². The Labute approximate surface area is 102 Å². The van der Waals surface area contributed by atoms with Crippen LogP contribution in [0.2, 0.25) is 5.02 Å². The molecular formula is C13H18ClNO. The first-order valence-electron chi connectivity index (χ1n) is 5.39. The number of halogens is 1. The molecule has 1 aromatic carbocycles. The molecule has 0 heterocycles. The van der Waals surface area contributed by atoms with Gasteiger partial charge in [0.15, 0.2) is 0 Å². The smallest absolute Gasteiger partial charge is 0.123 e. The lowest BCUT2D eigenvalue weighted by Crippen LogP contribution is -2.11. The van der Waals surface area contributed by atoms with Crippen LogP contribution in [0.5, 0.6) is 5.75 Å². The predicted molar refractivity (Wildman–Crippen MR) is 69.0 cm³/mol. The third-order valence-electron chi connectivity index (χ3n) is 2.51. The molecule has 2 nitrogen and oxygen atoms in total. The number of unbranched alkanes of at least 4 members (excludes halogenated alkanes) is 1. The number of hydrogen-bond donors (Lipinski definition) is 1. The molecule has 1 aromatic rings. The molecule has 2 N–H and O–H groups in total. The molecule has 0 aromatic heterocycles. The fraction of sp³-hybridized carbons (Fsp3) is 0.385. The number of methoxy groups -OCH3 is 1. The highest BCUT2D eigenvalue weighted by atomic mass is 35.5. The highest BCUT2D eigenvalue weighted by molar-refractivity contribution is 6.30. The zero-order valence-electron chi connectivity index (χ0n) is 9.58. The van der Waals surface area contributed by atoms with Gasteiger partial charge in [-0.1, -0.05) is 17.7 Å². The molecule has 1 rings (SSSR count). The Morgan fingerprint density at radius 3 is 2.94 bits per heavy atom. The van der Waals surface area contributed by atoms with Crippen LogP contribution in [0.1, 0.15) is 30.9 Å². The quantitative estimate of drug-likeness (QED) is 0.607. The maximum absolute atomic E-state index is 6.11. The van der Waals surface area contributed by atoms with Crippen LogP contribution in [-0.4, -0.2) is 7.11 Å². The number of benzene rings is 1. The largest absolute Gasteiger partial charge is 0.496 e. The molecule has 0 aliphatic heterocycles. The van der Waals surface area contributed by atoms with Crippen molar-refractivity contribution in [3.05, 3.63) is 41.4 Å². The normalized spacial score (nSPS) is 12.2. The van der Waals surface area contributed by atoms with Gasteiger partial charge < -0.3 is 10.5 Å². The monoisotopic (exact) mass is 239 g/mol. The highest BCUT2D eigenvalue weighted by Gasteiger charge is 2.11. The Balaban J connectivity index is 2.75. The second-order valence-electron chi connectivity index (χ2n) is 3.71. The van der Waals surface area contributed by atoms with Gasteiger partial charge in [-0.2, -0.15) is 0 Å². The summed E-state index contributed by atoms with van der Waals surface area (Å²) in [7, 11) is 1.64. The third-order valence-corrected chi connectivity index (χ3v) is 2.75. The average molecular weight is 240 g/mol. The van der Waals surface area contributed by atoms with Crippen LogP contribution < -0.4 is 10.5 Å². The van der Waals surface area contributed by atoms with Crippen LogP contribution in [0, 0.1) is 0 Å². The molecule has 1 atom stereocenters. The van der Waals surface area contributed by atoms with Gasteiger partial charge in [0.2, 0.25) is 0 Å². The van der Waals surface area contributed by atoms with Gasteiger partial charge in [0.05, 0.1) is 7.11 Å². The minimum absolute atomic E-state index is 0.0337. The van der Waals surface area contributed by atoms with Crippen molar-refractivity contribution in [1.82, 2.24) is 0 Å². The molecule has 0 fully saturated rings. The van der Waals surface area contributed by atoms with Crippen molar-refractivity contribution in [1.29, 1.82) is 0 Å². The Morgan fingerprint density at radius 1 is 1.56 bits per heavy atom. The van der Waals surface area contributed by atoms with E-state index in [1.54, 1.807) is 13.2 Å². The molecule has 1 unspecified atom stereocenters. The Bertz CT molecular complexity index is 352. The van der Waals surface area contributed by atoms with Crippen LogP contribution in [-0.2, 0) is 0 Å². The van der Waals surface area contributed by atoms with Gasteiger partial charge in [0, 0.05) is 16.6 Å². The molecule has 0 aliphatic carbocycles. The minimum Gasteiger partial charge on any atom is -0.496 e. The summed E-state index contributed by atoms with van der Waals surface area (Å²) in [5.41, 5.74) is 7.08. The first kappa shape index (κ1) is 13.1. The summed E-state index contributed by atoms with van der Waals surface area (Å²) < 4.78 is 5.27. The standard InChI is InChI=1S/C13H18ClNO/c1-3-4-5-6-12(15)11-9-10(14)7-8-13(11)16-2/h3,7-9,12H,1,4-6,15H2,2H3. The van der Waals surface area contributed by atoms with E-state index in [1.807, 2.05) is 18.2 Å². The number of rotatable bonds is 6. The minimum atomic E-state index is -0.0337. The van der Waals surface area contributed by atoms with E-state index in [2.05, 4.69) is 6.58 Å². The first-order chi connectivity index (χ1) is 7.69. The van der Waals surface area contributed by atoms with Crippen LogP contribution in [0.25, 0.3) is 0 Å². The molecule has 0 amide bonds. The van der Waals surface area contributed by atoms with Crippen molar-refractivity contribution >= 4 is 11.6 Å². The topological polar surface area (TPSA) is 35.2 Å². The molecule has 0 radical (unpaired) electrons. The summed E-state index contributed by atoms with van der Waals surface area (Å²) in [6, 6.07) is 5.50. The summed E-state index contributed by atoms with van der Waals surface area (Å²) in [6.45, 7) is 3.69. The zero-order chi connectivity index (χ0) is 12.0. The number of allylic oxidation sites excluding steroid dienone is 1. The number of nitrogens with two attached hydrogens (primary N) is 1. The molecule has 0 saturated heterocycles. The van der Waals surface area contributed by atoms with Gasteiger partial charge in [0.25, 0.3) is 0 Å². The fourth-order valence-corrected chi connectivity index (χ4v) is 1.81. The van der Waals surface area contributed by atoms with E-state index in [-0.39, 0.29) is 6.04 Å². The lowest BCUT2D eigenvalue weighted by molar-refractivity contribution is 0.403. The van der Waals surface area contributed by atoms with Crippen LogP contribution >= 0.6 is 11.6 Å². The molecule has 0 bridgehead atoms. The Morgan fingerprint density at radius 2 is 2.31 bits per heavy atom. The van der Waals surface area contributed by atoms with Crippen molar-refractivity contribution < 1.29 is 4.74 Å². The summed E-state index contributed by atoms with van der Waals surface area (Å²) in [4.78, 5) is 0. The van der Waals surface area contributed by atoms with E-state index in [1.165, 1.54) is 0 Å².